The number of para-hydroxylation sites is 1. The minimum absolute atomic E-state index is 0.211. The molecule has 0 saturated heterocycles. The minimum atomic E-state index is -0.282. The number of nitrogens with two attached hydrogens (primary N) is 1. The highest BCUT2D eigenvalue weighted by atomic mass is 16.6. The summed E-state index contributed by atoms with van der Waals surface area (Å²) >= 11 is 0. The number of nitrogens with one attached hydrogen (secondary N) is 1. The third-order valence-corrected chi connectivity index (χ3v) is 3.38. The number of hydrogen-bond donors (Lipinski definition) is 2. The van der Waals surface area contributed by atoms with Gasteiger partial charge in [0.2, 0.25) is 0 Å². The van der Waals surface area contributed by atoms with Gasteiger partial charge in [-0.25, -0.2) is 5.48 Å². The van der Waals surface area contributed by atoms with Gasteiger partial charge in [0.15, 0.2) is 0 Å². The summed E-state index contributed by atoms with van der Waals surface area (Å²) in [5.74, 6) is 0.485. The van der Waals surface area contributed by atoms with Gasteiger partial charge >= 0.3 is 0 Å². The Hall–Kier alpha value is -2.37. The topological polar surface area (TPSA) is 73.6 Å². The summed E-state index contributed by atoms with van der Waals surface area (Å²) in [5, 5.41) is 0. The minimum Gasteiger partial charge on any atom is -0.496 e. The maximum Gasteiger partial charge on any atom is 0.274 e. The number of carbonyl (C=O) groups is 1. The van der Waals surface area contributed by atoms with Crippen molar-refractivity contribution in [3.8, 4) is 5.75 Å². The molecule has 1 unspecified atom stereocenters. The highest BCUT2D eigenvalue weighted by molar-refractivity contribution is 5.93. The van der Waals surface area contributed by atoms with Crippen molar-refractivity contribution in [2.75, 3.05) is 14.2 Å². The van der Waals surface area contributed by atoms with Gasteiger partial charge in [0, 0.05) is 17.2 Å². The van der Waals surface area contributed by atoms with Gasteiger partial charge in [-0.2, -0.15) is 0 Å². The van der Waals surface area contributed by atoms with Crippen LogP contribution in [-0.2, 0) is 11.3 Å². The summed E-state index contributed by atoms with van der Waals surface area (Å²) in [6, 6.07) is 14.8. The zero-order valence-electron chi connectivity index (χ0n) is 12.7. The zero-order chi connectivity index (χ0) is 15.9. The molecule has 1 atom stereocenters. The van der Waals surface area contributed by atoms with Crippen LogP contribution in [-0.4, -0.2) is 20.1 Å². The highest BCUT2D eigenvalue weighted by Crippen LogP contribution is 2.25. The molecule has 116 valence electrons. The molecule has 0 aliphatic rings. The lowest BCUT2D eigenvalue weighted by Gasteiger charge is -2.16. The fourth-order valence-corrected chi connectivity index (χ4v) is 2.33. The molecule has 0 saturated carbocycles. The molecule has 0 radical (unpaired) electrons. The van der Waals surface area contributed by atoms with Crippen LogP contribution in [0.15, 0.2) is 48.5 Å². The van der Waals surface area contributed by atoms with E-state index in [9.17, 15) is 4.79 Å². The van der Waals surface area contributed by atoms with Crippen LogP contribution in [0.4, 0.5) is 0 Å². The SMILES string of the molecule is CONC(=O)c1cccc(CC(N)c2ccccc2OC)c1. The molecule has 0 heterocycles. The van der Waals surface area contributed by atoms with E-state index in [0.29, 0.717) is 12.0 Å². The summed E-state index contributed by atoms with van der Waals surface area (Å²) < 4.78 is 5.34. The van der Waals surface area contributed by atoms with Gasteiger partial charge in [-0.3, -0.25) is 9.63 Å². The van der Waals surface area contributed by atoms with Crippen molar-refractivity contribution in [3.63, 3.8) is 0 Å². The van der Waals surface area contributed by atoms with Crippen molar-refractivity contribution in [2.45, 2.75) is 12.5 Å². The quantitative estimate of drug-likeness (QED) is 0.802. The number of methoxy groups -OCH3 is 1. The molecule has 1 amide bonds. The number of hydroxylamine groups is 1. The van der Waals surface area contributed by atoms with Crippen LogP contribution in [0.3, 0.4) is 0 Å². The van der Waals surface area contributed by atoms with Crippen LogP contribution in [0.1, 0.15) is 27.5 Å². The van der Waals surface area contributed by atoms with Gasteiger partial charge in [0.25, 0.3) is 5.91 Å². The first-order valence-electron chi connectivity index (χ1n) is 6.96. The first-order chi connectivity index (χ1) is 10.7. The second-order valence-electron chi connectivity index (χ2n) is 4.89. The smallest absolute Gasteiger partial charge is 0.274 e. The van der Waals surface area contributed by atoms with E-state index in [0.717, 1.165) is 16.9 Å². The van der Waals surface area contributed by atoms with E-state index in [2.05, 4.69) is 10.3 Å². The van der Waals surface area contributed by atoms with Crippen molar-refractivity contribution < 1.29 is 14.4 Å². The Morgan fingerprint density at radius 1 is 1.18 bits per heavy atom. The number of hydrogen-bond acceptors (Lipinski definition) is 4. The summed E-state index contributed by atoms with van der Waals surface area (Å²) in [5.41, 5.74) is 11.0. The summed E-state index contributed by atoms with van der Waals surface area (Å²) in [6.07, 6.45) is 0.606. The Morgan fingerprint density at radius 3 is 2.68 bits per heavy atom. The maximum atomic E-state index is 11.8. The van der Waals surface area contributed by atoms with E-state index < -0.39 is 0 Å². The van der Waals surface area contributed by atoms with E-state index in [1.807, 2.05) is 42.5 Å². The number of rotatable bonds is 6. The number of amides is 1. The molecular weight excluding hydrogens is 280 g/mol. The first kappa shape index (κ1) is 16.0. The Morgan fingerprint density at radius 2 is 1.95 bits per heavy atom. The molecule has 0 aromatic heterocycles. The van der Waals surface area contributed by atoms with Crippen LogP contribution in [0, 0.1) is 0 Å². The zero-order valence-corrected chi connectivity index (χ0v) is 12.7. The lowest BCUT2D eigenvalue weighted by molar-refractivity contribution is 0.0537. The Balaban J connectivity index is 2.16. The average Bonchev–Trinajstić information content (AvgIpc) is 2.55. The Bertz CT molecular complexity index is 643. The predicted octanol–water partition coefficient (Wildman–Crippen LogP) is 2.23. The molecule has 0 fully saturated rings. The summed E-state index contributed by atoms with van der Waals surface area (Å²) in [6.45, 7) is 0. The fourth-order valence-electron chi connectivity index (χ4n) is 2.33. The standard InChI is InChI=1S/C17H20N2O3/c1-21-16-9-4-3-8-14(16)15(18)11-12-6-5-7-13(10-12)17(20)19-22-2/h3-10,15H,11,18H2,1-2H3,(H,19,20). The predicted molar refractivity (Wildman–Crippen MR) is 84.5 cm³/mol. The van der Waals surface area contributed by atoms with E-state index in [4.69, 9.17) is 10.5 Å². The van der Waals surface area contributed by atoms with Crippen LogP contribution < -0.4 is 16.0 Å². The number of ether oxygens (including phenoxy) is 1. The second-order valence-corrected chi connectivity index (χ2v) is 4.89. The van der Waals surface area contributed by atoms with Crippen LogP contribution in [0.25, 0.3) is 0 Å². The van der Waals surface area contributed by atoms with Crippen molar-refractivity contribution in [2.24, 2.45) is 5.73 Å². The van der Waals surface area contributed by atoms with Gasteiger partial charge in [-0.1, -0.05) is 30.3 Å². The van der Waals surface area contributed by atoms with E-state index in [1.165, 1.54) is 7.11 Å². The van der Waals surface area contributed by atoms with Crippen LogP contribution in [0.5, 0.6) is 5.75 Å². The van der Waals surface area contributed by atoms with Gasteiger partial charge < -0.3 is 10.5 Å². The largest absolute Gasteiger partial charge is 0.496 e. The molecule has 0 bridgehead atoms. The van der Waals surface area contributed by atoms with Crippen molar-refractivity contribution in [1.29, 1.82) is 0 Å². The Labute approximate surface area is 130 Å². The first-order valence-corrected chi connectivity index (χ1v) is 6.96. The summed E-state index contributed by atoms with van der Waals surface area (Å²) in [4.78, 5) is 16.4. The molecule has 0 aliphatic carbocycles. The number of benzene rings is 2. The molecule has 2 aromatic rings. The molecule has 5 nitrogen and oxygen atoms in total. The lowest BCUT2D eigenvalue weighted by Crippen LogP contribution is -2.22. The molecule has 2 rings (SSSR count). The van der Waals surface area contributed by atoms with Crippen LogP contribution in [0.2, 0.25) is 0 Å². The third kappa shape index (κ3) is 3.84. The van der Waals surface area contributed by atoms with Gasteiger partial charge in [0.1, 0.15) is 5.75 Å². The van der Waals surface area contributed by atoms with Gasteiger partial charge in [-0.05, 0) is 30.2 Å². The van der Waals surface area contributed by atoms with Crippen molar-refractivity contribution >= 4 is 5.91 Å². The lowest BCUT2D eigenvalue weighted by atomic mass is 9.97. The maximum absolute atomic E-state index is 11.8. The molecule has 22 heavy (non-hydrogen) atoms. The molecular formula is C17H20N2O3. The molecule has 2 aromatic carbocycles. The fraction of sp³-hybridized carbons (Fsp3) is 0.235. The van der Waals surface area contributed by atoms with E-state index >= 15 is 0 Å². The normalized spacial score (nSPS) is 11.8. The van der Waals surface area contributed by atoms with E-state index in [1.54, 1.807) is 13.2 Å². The van der Waals surface area contributed by atoms with Crippen molar-refractivity contribution in [3.05, 3.63) is 65.2 Å². The highest BCUT2D eigenvalue weighted by Gasteiger charge is 2.13. The number of carbonyl (C=O) groups excluding carboxylic acids is 1. The average molecular weight is 300 g/mol. The third-order valence-electron chi connectivity index (χ3n) is 3.38. The Kier molecular flexibility index (Phi) is 5.52. The monoisotopic (exact) mass is 300 g/mol. The van der Waals surface area contributed by atoms with Gasteiger partial charge in [-0.15, -0.1) is 0 Å². The molecule has 0 aliphatic heterocycles. The second kappa shape index (κ2) is 7.59. The summed E-state index contributed by atoms with van der Waals surface area (Å²) in [7, 11) is 3.03. The van der Waals surface area contributed by atoms with E-state index in [-0.39, 0.29) is 11.9 Å². The molecule has 3 N–H and O–H groups in total. The van der Waals surface area contributed by atoms with Gasteiger partial charge in [0.05, 0.1) is 14.2 Å². The molecule has 5 heteroatoms. The molecule has 0 spiro atoms. The van der Waals surface area contributed by atoms with Crippen LogP contribution >= 0.6 is 0 Å². The van der Waals surface area contributed by atoms with Crippen molar-refractivity contribution in [1.82, 2.24) is 5.48 Å².